The number of carbonyl (C=O) groups excluding carboxylic acids is 1. The third-order valence-electron chi connectivity index (χ3n) is 3.30. The van der Waals surface area contributed by atoms with Crippen LogP contribution < -0.4 is 20.9 Å². The molecule has 1 aromatic carbocycles. The van der Waals surface area contributed by atoms with Crippen molar-refractivity contribution in [1.29, 1.82) is 0 Å². The number of anilines is 1. The number of carbonyl (C=O) groups is 1. The summed E-state index contributed by atoms with van der Waals surface area (Å²) in [5.41, 5.74) is 4.04. The maximum atomic E-state index is 11.4. The lowest BCUT2D eigenvalue weighted by molar-refractivity contribution is 0.0924. The summed E-state index contributed by atoms with van der Waals surface area (Å²) in [6.45, 7) is 2.45. The quantitative estimate of drug-likeness (QED) is 0.498. The number of nitrogens with zero attached hydrogens (tertiary/aromatic N) is 1. The third kappa shape index (κ3) is 3.35. The van der Waals surface area contributed by atoms with Crippen molar-refractivity contribution >= 4 is 11.6 Å². The van der Waals surface area contributed by atoms with E-state index in [9.17, 15) is 4.79 Å². The lowest BCUT2D eigenvalue weighted by Gasteiger charge is -2.19. The van der Waals surface area contributed by atoms with Crippen molar-refractivity contribution in [1.82, 2.24) is 5.43 Å². The van der Waals surface area contributed by atoms with Gasteiger partial charge in [-0.05, 0) is 37.3 Å². The lowest BCUT2D eigenvalue weighted by Crippen LogP contribution is -2.29. The molecule has 1 heterocycles. The number of hydrogen-bond acceptors (Lipinski definition) is 5. The van der Waals surface area contributed by atoms with E-state index in [2.05, 4.69) is 10.3 Å². The smallest absolute Gasteiger partial charge is 0.300 e. The zero-order valence-corrected chi connectivity index (χ0v) is 12.3. The molecule has 6 heteroatoms. The summed E-state index contributed by atoms with van der Waals surface area (Å²) in [5.74, 6) is 6.40. The summed E-state index contributed by atoms with van der Waals surface area (Å²) in [6.07, 6.45) is 0. The molecule has 0 bridgehead atoms. The van der Waals surface area contributed by atoms with Gasteiger partial charge in [0.25, 0.3) is 0 Å². The fraction of sp³-hybridized carbons (Fsp3) is 0.267. The van der Waals surface area contributed by atoms with Gasteiger partial charge in [0.1, 0.15) is 11.5 Å². The summed E-state index contributed by atoms with van der Waals surface area (Å²) in [7, 11) is 3.61. The van der Waals surface area contributed by atoms with Gasteiger partial charge in [-0.1, -0.05) is 0 Å². The minimum Gasteiger partial charge on any atom is -0.497 e. The van der Waals surface area contributed by atoms with Crippen LogP contribution in [0.25, 0.3) is 0 Å². The number of hydrazine groups is 1. The number of methoxy groups -OCH3 is 1. The number of nitrogens with one attached hydrogen (secondary N) is 1. The Morgan fingerprint density at radius 1 is 1.38 bits per heavy atom. The summed E-state index contributed by atoms with van der Waals surface area (Å²) in [6, 6.07) is 9.46. The largest absolute Gasteiger partial charge is 0.497 e. The van der Waals surface area contributed by atoms with E-state index < -0.39 is 5.91 Å². The van der Waals surface area contributed by atoms with Gasteiger partial charge < -0.3 is 14.1 Å². The van der Waals surface area contributed by atoms with E-state index in [0.717, 1.165) is 17.0 Å². The zero-order chi connectivity index (χ0) is 15.4. The molecule has 2 rings (SSSR count). The number of rotatable bonds is 5. The Balaban J connectivity index is 2.13. The molecule has 0 spiro atoms. The average molecular weight is 289 g/mol. The molecule has 0 saturated carbocycles. The zero-order valence-electron chi connectivity index (χ0n) is 12.3. The molecule has 0 aliphatic heterocycles. The van der Waals surface area contributed by atoms with Gasteiger partial charge in [0.2, 0.25) is 0 Å². The number of nitrogen functional groups attached to an aromatic ring is 1. The average Bonchev–Trinajstić information content (AvgIpc) is 2.87. The van der Waals surface area contributed by atoms with E-state index in [-0.39, 0.29) is 5.76 Å². The Morgan fingerprint density at radius 2 is 2.05 bits per heavy atom. The standard InChI is InChI=1S/C15H19N3O3/c1-10-11(8-14(21-10)15(19)17-16)9-18(2)12-4-6-13(20-3)7-5-12/h4-8H,9,16H2,1-3H3,(H,17,19). The number of benzene rings is 1. The molecular weight excluding hydrogens is 270 g/mol. The van der Waals surface area contributed by atoms with Gasteiger partial charge in [-0.25, -0.2) is 5.84 Å². The van der Waals surface area contributed by atoms with E-state index in [1.165, 1.54) is 0 Å². The van der Waals surface area contributed by atoms with Gasteiger partial charge in [-0.3, -0.25) is 10.2 Å². The van der Waals surface area contributed by atoms with Crippen molar-refractivity contribution in [2.45, 2.75) is 13.5 Å². The fourth-order valence-corrected chi connectivity index (χ4v) is 2.04. The van der Waals surface area contributed by atoms with Crippen molar-refractivity contribution in [2.75, 3.05) is 19.1 Å². The molecule has 0 aliphatic rings. The van der Waals surface area contributed by atoms with Crippen LogP contribution in [0.3, 0.4) is 0 Å². The number of nitrogens with two attached hydrogens (primary N) is 1. The molecule has 0 saturated heterocycles. The molecule has 0 fully saturated rings. The predicted molar refractivity (Wildman–Crippen MR) is 80.2 cm³/mol. The topological polar surface area (TPSA) is 80.7 Å². The van der Waals surface area contributed by atoms with Crippen LogP contribution in [0, 0.1) is 6.92 Å². The predicted octanol–water partition coefficient (Wildman–Crippen LogP) is 1.84. The van der Waals surface area contributed by atoms with Crippen molar-refractivity contribution in [3.05, 3.63) is 47.4 Å². The number of hydrogen-bond donors (Lipinski definition) is 2. The highest BCUT2D eigenvalue weighted by molar-refractivity contribution is 5.91. The van der Waals surface area contributed by atoms with Gasteiger partial charge in [0.15, 0.2) is 5.76 Å². The van der Waals surface area contributed by atoms with Crippen LogP contribution in [0.1, 0.15) is 21.9 Å². The van der Waals surface area contributed by atoms with E-state index >= 15 is 0 Å². The highest BCUT2D eigenvalue weighted by Gasteiger charge is 2.14. The SMILES string of the molecule is COc1ccc(N(C)Cc2cc(C(=O)NN)oc2C)cc1. The second-order valence-electron chi connectivity index (χ2n) is 4.72. The summed E-state index contributed by atoms with van der Waals surface area (Å²) in [4.78, 5) is 13.5. The first kappa shape index (κ1) is 14.9. The monoisotopic (exact) mass is 289 g/mol. The molecule has 0 unspecified atom stereocenters. The van der Waals surface area contributed by atoms with Gasteiger partial charge in [0.05, 0.1) is 7.11 Å². The van der Waals surface area contributed by atoms with Crippen LogP contribution in [0.2, 0.25) is 0 Å². The van der Waals surface area contributed by atoms with Crippen molar-refractivity contribution < 1.29 is 13.9 Å². The minimum atomic E-state index is -0.434. The van der Waals surface area contributed by atoms with Crippen molar-refractivity contribution in [3.8, 4) is 5.75 Å². The molecule has 1 amide bonds. The first-order chi connectivity index (χ1) is 10.0. The van der Waals surface area contributed by atoms with Crippen LogP contribution >= 0.6 is 0 Å². The molecule has 21 heavy (non-hydrogen) atoms. The molecule has 0 radical (unpaired) electrons. The fourth-order valence-electron chi connectivity index (χ4n) is 2.04. The maximum absolute atomic E-state index is 11.4. The Labute approximate surface area is 123 Å². The van der Waals surface area contributed by atoms with Crippen LogP contribution in [0.15, 0.2) is 34.7 Å². The highest BCUT2D eigenvalue weighted by Crippen LogP contribution is 2.22. The van der Waals surface area contributed by atoms with E-state index in [1.54, 1.807) is 13.2 Å². The summed E-state index contributed by atoms with van der Waals surface area (Å²) >= 11 is 0. The molecule has 2 aromatic rings. The Bertz CT molecular complexity index is 620. The van der Waals surface area contributed by atoms with Crippen LogP contribution in [0.4, 0.5) is 5.69 Å². The lowest BCUT2D eigenvalue weighted by atomic mass is 10.2. The van der Waals surface area contributed by atoms with Gasteiger partial charge in [-0.15, -0.1) is 0 Å². The van der Waals surface area contributed by atoms with Crippen LogP contribution in [-0.2, 0) is 6.54 Å². The number of amides is 1. The molecule has 6 nitrogen and oxygen atoms in total. The molecule has 112 valence electrons. The van der Waals surface area contributed by atoms with Crippen molar-refractivity contribution in [3.63, 3.8) is 0 Å². The third-order valence-corrected chi connectivity index (χ3v) is 3.30. The molecule has 1 aromatic heterocycles. The number of furan rings is 1. The van der Waals surface area contributed by atoms with E-state index in [1.807, 2.05) is 38.2 Å². The molecular formula is C15H19N3O3. The van der Waals surface area contributed by atoms with Crippen molar-refractivity contribution in [2.24, 2.45) is 5.84 Å². The summed E-state index contributed by atoms with van der Waals surface area (Å²) < 4.78 is 10.5. The van der Waals surface area contributed by atoms with Crippen LogP contribution in [-0.4, -0.2) is 20.1 Å². The van der Waals surface area contributed by atoms with E-state index in [4.69, 9.17) is 15.0 Å². The molecule has 0 atom stereocenters. The Hall–Kier alpha value is -2.47. The Kier molecular flexibility index (Phi) is 4.49. The maximum Gasteiger partial charge on any atom is 0.300 e. The van der Waals surface area contributed by atoms with Crippen LogP contribution in [0.5, 0.6) is 5.75 Å². The first-order valence-electron chi connectivity index (χ1n) is 6.50. The number of aryl methyl sites for hydroxylation is 1. The molecule has 0 aliphatic carbocycles. The normalized spacial score (nSPS) is 10.3. The second-order valence-corrected chi connectivity index (χ2v) is 4.72. The summed E-state index contributed by atoms with van der Waals surface area (Å²) in [5, 5.41) is 0. The minimum absolute atomic E-state index is 0.216. The molecule has 3 N–H and O–H groups in total. The highest BCUT2D eigenvalue weighted by atomic mass is 16.5. The van der Waals surface area contributed by atoms with Gasteiger partial charge >= 0.3 is 5.91 Å². The number of ether oxygens (including phenoxy) is 1. The van der Waals surface area contributed by atoms with Gasteiger partial charge in [-0.2, -0.15) is 0 Å². The Morgan fingerprint density at radius 3 is 2.62 bits per heavy atom. The van der Waals surface area contributed by atoms with Gasteiger partial charge in [0, 0.05) is 24.8 Å². The first-order valence-corrected chi connectivity index (χ1v) is 6.50. The second kappa shape index (κ2) is 6.32. The van der Waals surface area contributed by atoms with E-state index in [0.29, 0.717) is 12.3 Å².